The second-order valence-corrected chi connectivity index (χ2v) is 5.30. The molecule has 0 aliphatic heterocycles. The van der Waals surface area contributed by atoms with Gasteiger partial charge in [0.1, 0.15) is 22.9 Å². The van der Waals surface area contributed by atoms with Crippen LogP contribution in [0.25, 0.3) is 11.0 Å². The van der Waals surface area contributed by atoms with Crippen molar-refractivity contribution in [3.8, 4) is 5.75 Å². The average Bonchev–Trinajstić information content (AvgIpc) is 2.98. The Kier molecular flexibility index (Phi) is 4.60. The van der Waals surface area contributed by atoms with Gasteiger partial charge in [0.25, 0.3) is 0 Å². The number of hydrogen-bond acceptors (Lipinski definition) is 4. The van der Waals surface area contributed by atoms with E-state index in [2.05, 4.69) is 5.32 Å². The molecule has 23 heavy (non-hydrogen) atoms. The van der Waals surface area contributed by atoms with Crippen LogP contribution in [-0.2, 0) is 19.7 Å². The maximum absolute atomic E-state index is 13.3. The quantitative estimate of drug-likeness (QED) is 0.732. The van der Waals surface area contributed by atoms with E-state index in [4.69, 9.17) is 14.3 Å². The van der Waals surface area contributed by atoms with Crippen molar-refractivity contribution in [2.75, 3.05) is 7.11 Å². The Morgan fingerprint density at radius 1 is 1.13 bits per heavy atom. The molecule has 2 aromatic carbocycles. The number of hydrogen-bond donors (Lipinski definition) is 2. The lowest BCUT2D eigenvalue weighted by atomic mass is 10.1. The lowest BCUT2D eigenvalue weighted by Gasteiger charge is -2.06. The smallest absolute Gasteiger partial charge is 0.134 e. The second kappa shape index (κ2) is 6.81. The summed E-state index contributed by atoms with van der Waals surface area (Å²) in [6.07, 6.45) is 0. The number of rotatable bonds is 6. The van der Waals surface area contributed by atoms with E-state index >= 15 is 0 Å². The van der Waals surface area contributed by atoms with Crippen LogP contribution in [0.15, 0.2) is 46.9 Å². The molecule has 0 atom stereocenters. The number of aliphatic hydroxyl groups excluding tert-OH is 1. The summed E-state index contributed by atoms with van der Waals surface area (Å²) in [7, 11) is 1.63. The first-order chi connectivity index (χ1) is 11.2. The first-order valence-corrected chi connectivity index (χ1v) is 7.35. The molecular formula is C18H18FNO3. The third-order valence-corrected chi connectivity index (χ3v) is 3.68. The highest BCUT2D eigenvalue weighted by molar-refractivity contribution is 5.79. The molecule has 0 aliphatic carbocycles. The van der Waals surface area contributed by atoms with E-state index in [1.165, 1.54) is 6.07 Å². The van der Waals surface area contributed by atoms with E-state index in [0.29, 0.717) is 18.7 Å². The fourth-order valence-electron chi connectivity index (χ4n) is 2.48. The number of aliphatic hydroxyl groups is 1. The molecule has 120 valence electrons. The molecule has 3 rings (SSSR count). The fraction of sp³-hybridized carbons (Fsp3) is 0.222. The Morgan fingerprint density at radius 2 is 2.00 bits per heavy atom. The van der Waals surface area contributed by atoms with Gasteiger partial charge in [-0.1, -0.05) is 6.07 Å². The van der Waals surface area contributed by atoms with Crippen LogP contribution in [0.4, 0.5) is 4.39 Å². The van der Waals surface area contributed by atoms with Crippen LogP contribution in [0.1, 0.15) is 16.9 Å². The molecule has 0 saturated carbocycles. The van der Waals surface area contributed by atoms with Gasteiger partial charge in [-0.05, 0) is 42.0 Å². The number of halogens is 1. The van der Waals surface area contributed by atoms with Crippen molar-refractivity contribution in [3.05, 3.63) is 65.2 Å². The SMILES string of the molecule is COc1ccc2oc(CNCc3ccc(F)c(CO)c3)cc2c1. The number of fused-ring (bicyclic) bond motifs is 1. The summed E-state index contributed by atoms with van der Waals surface area (Å²) in [6.45, 7) is 0.821. The molecule has 0 radical (unpaired) electrons. The normalized spacial score (nSPS) is 11.1. The highest BCUT2D eigenvalue weighted by Gasteiger charge is 2.06. The van der Waals surface area contributed by atoms with Gasteiger partial charge in [0, 0.05) is 17.5 Å². The summed E-state index contributed by atoms with van der Waals surface area (Å²) in [6, 6.07) is 12.4. The lowest BCUT2D eigenvalue weighted by Crippen LogP contribution is -2.12. The molecule has 0 spiro atoms. The molecule has 1 aromatic heterocycles. The lowest BCUT2D eigenvalue weighted by molar-refractivity contribution is 0.275. The Bertz CT molecular complexity index is 813. The van der Waals surface area contributed by atoms with Gasteiger partial charge in [0.2, 0.25) is 0 Å². The van der Waals surface area contributed by atoms with E-state index in [0.717, 1.165) is 28.0 Å². The van der Waals surface area contributed by atoms with Crippen LogP contribution in [0.2, 0.25) is 0 Å². The first kappa shape index (κ1) is 15.5. The molecule has 3 aromatic rings. The maximum atomic E-state index is 13.3. The van der Waals surface area contributed by atoms with E-state index in [9.17, 15) is 4.39 Å². The first-order valence-electron chi connectivity index (χ1n) is 7.35. The van der Waals surface area contributed by atoms with Gasteiger partial charge in [0.15, 0.2) is 0 Å². The van der Waals surface area contributed by atoms with Crippen molar-refractivity contribution in [3.63, 3.8) is 0 Å². The number of furan rings is 1. The van der Waals surface area contributed by atoms with Crippen molar-refractivity contribution in [1.82, 2.24) is 5.32 Å². The zero-order valence-corrected chi connectivity index (χ0v) is 12.8. The van der Waals surface area contributed by atoms with Crippen LogP contribution in [0, 0.1) is 5.82 Å². The molecule has 0 fully saturated rings. The van der Waals surface area contributed by atoms with Gasteiger partial charge in [-0.25, -0.2) is 4.39 Å². The molecule has 5 heteroatoms. The zero-order chi connectivity index (χ0) is 16.2. The summed E-state index contributed by atoms with van der Waals surface area (Å²) >= 11 is 0. The van der Waals surface area contributed by atoms with Gasteiger partial charge in [-0.15, -0.1) is 0 Å². The molecule has 0 aliphatic rings. The van der Waals surface area contributed by atoms with Crippen molar-refractivity contribution in [2.45, 2.75) is 19.7 Å². The monoisotopic (exact) mass is 315 g/mol. The number of benzene rings is 2. The molecule has 2 N–H and O–H groups in total. The van der Waals surface area contributed by atoms with Crippen LogP contribution in [0.5, 0.6) is 5.75 Å². The Morgan fingerprint density at radius 3 is 2.78 bits per heavy atom. The fourth-order valence-corrected chi connectivity index (χ4v) is 2.48. The molecule has 0 saturated heterocycles. The summed E-state index contributed by atoms with van der Waals surface area (Å²) in [5.41, 5.74) is 2.03. The van der Waals surface area contributed by atoms with Crippen LogP contribution in [-0.4, -0.2) is 12.2 Å². The van der Waals surface area contributed by atoms with Gasteiger partial charge in [0.05, 0.1) is 20.3 Å². The van der Waals surface area contributed by atoms with Gasteiger partial charge >= 0.3 is 0 Å². The number of nitrogens with one attached hydrogen (secondary N) is 1. The topological polar surface area (TPSA) is 54.6 Å². The Balaban J connectivity index is 1.64. The molecule has 4 nitrogen and oxygen atoms in total. The van der Waals surface area contributed by atoms with E-state index in [1.807, 2.05) is 24.3 Å². The van der Waals surface area contributed by atoms with Crippen LogP contribution >= 0.6 is 0 Å². The third-order valence-electron chi connectivity index (χ3n) is 3.68. The highest BCUT2D eigenvalue weighted by Crippen LogP contribution is 2.24. The van der Waals surface area contributed by atoms with Gasteiger partial charge in [-0.2, -0.15) is 0 Å². The van der Waals surface area contributed by atoms with E-state index in [-0.39, 0.29) is 12.4 Å². The predicted octanol–water partition coefficient (Wildman–Crippen LogP) is 3.36. The van der Waals surface area contributed by atoms with Crippen LogP contribution in [0.3, 0.4) is 0 Å². The van der Waals surface area contributed by atoms with Crippen molar-refractivity contribution in [1.29, 1.82) is 0 Å². The summed E-state index contributed by atoms with van der Waals surface area (Å²) in [5, 5.41) is 13.3. The standard InChI is InChI=1S/C18H18FNO3/c1-22-15-3-5-18-13(7-15)8-16(23-18)10-20-9-12-2-4-17(19)14(6-12)11-21/h2-8,20-21H,9-11H2,1H3. The minimum atomic E-state index is -0.387. The number of ether oxygens (including phenoxy) is 1. The predicted molar refractivity (Wildman–Crippen MR) is 85.6 cm³/mol. The second-order valence-electron chi connectivity index (χ2n) is 5.30. The molecule has 1 heterocycles. The Hall–Kier alpha value is -2.37. The largest absolute Gasteiger partial charge is 0.497 e. The highest BCUT2D eigenvalue weighted by atomic mass is 19.1. The number of methoxy groups -OCH3 is 1. The molecule has 0 unspecified atom stereocenters. The van der Waals surface area contributed by atoms with Crippen molar-refractivity contribution < 1.29 is 18.7 Å². The van der Waals surface area contributed by atoms with Gasteiger partial charge < -0.3 is 19.6 Å². The minimum Gasteiger partial charge on any atom is -0.497 e. The third kappa shape index (κ3) is 3.52. The summed E-state index contributed by atoms with van der Waals surface area (Å²) in [4.78, 5) is 0. The molecular weight excluding hydrogens is 297 g/mol. The minimum absolute atomic E-state index is 0.301. The molecule has 0 bridgehead atoms. The zero-order valence-electron chi connectivity index (χ0n) is 12.8. The van der Waals surface area contributed by atoms with Crippen molar-refractivity contribution in [2.24, 2.45) is 0 Å². The Labute approximate surface area is 133 Å². The van der Waals surface area contributed by atoms with Crippen molar-refractivity contribution >= 4 is 11.0 Å². The van der Waals surface area contributed by atoms with E-state index < -0.39 is 0 Å². The summed E-state index contributed by atoms with van der Waals surface area (Å²) in [5.74, 6) is 1.22. The van der Waals surface area contributed by atoms with Crippen LogP contribution < -0.4 is 10.1 Å². The average molecular weight is 315 g/mol. The summed E-state index contributed by atoms with van der Waals surface area (Å²) < 4.78 is 24.3. The molecule has 0 amide bonds. The van der Waals surface area contributed by atoms with E-state index in [1.54, 1.807) is 19.2 Å². The van der Waals surface area contributed by atoms with Gasteiger partial charge in [-0.3, -0.25) is 0 Å². The maximum Gasteiger partial charge on any atom is 0.134 e.